The molecule has 1 aromatic heterocycles. The second-order valence-electron chi connectivity index (χ2n) is 10.6. The zero-order chi connectivity index (χ0) is 29.7. The van der Waals surface area contributed by atoms with Gasteiger partial charge in [0.1, 0.15) is 5.82 Å². The molecule has 42 heavy (non-hydrogen) atoms. The second kappa shape index (κ2) is 12.7. The molecule has 0 radical (unpaired) electrons. The van der Waals surface area contributed by atoms with Gasteiger partial charge in [-0.25, -0.2) is 4.98 Å². The number of hydrogen-bond donors (Lipinski definition) is 2. The van der Waals surface area contributed by atoms with Gasteiger partial charge in [0.05, 0.1) is 29.7 Å². The van der Waals surface area contributed by atoms with E-state index in [1.54, 1.807) is 30.6 Å². The summed E-state index contributed by atoms with van der Waals surface area (Å²) in [5.74, 6) is -0.0214. The van der Waals surface area contributed by atoms with E-state index >= 15 is 0 Å². The summed E-state index contributed by atoms with van der Waals surface area (Å²) in [6.07, 6.45) is -1.14. The maximum absolute atomic E-state index is 13.1. The lowest BCUT2D eigenvalue weighted by Crippen LogP contribution is -2.43. The maximum atomic E-state index is 13.1. The van der Waals surface area contributed by atoms with E-state index in [2.05, 4.69) is 56.7 Å². The molecule has 2 heterocycles. The number of carbonyl (C=O) groups excluding carboxylic acids is 1. The molecule has 10 heteroatoms. The fraction of sp³-hybridized carbons (Fsp3) is 0.281. The number of anilines is 2. The van der Waals surface area contributed by atoms with Crippen LogP contribution < -0.4 is 10.6 Å². The number of rotatable bonds is 8. The van der Waals surface area contributed by atoms with Crippen LogP contribution in [0.1, 0.15) is 40.0 Å². The molecule has 1 fully saturated rings. The first-order valence-corrected chi connectivity index (χ1v) is 13.8. The molecule has 4 aromatic rings. The Morgan fingerprint density at radius 3 is 2.43 bits per heavy atom. The number of piperazine rings is 1. The molecule has 218 valence electrons. The molecule has 7 nitrogen and oxygen atoms in total. The van der Waals surface area contributed by atoms with Crippen molar-refractivity contribution in [2.75, 3.05) is 43.9 Å². The van der Waals surface area contributed by atoms with Gasteiger partial charge in [0.25, 0.3) is 5.91 Å². The summed E-state index contributed by atoms with van der Waals surface area (Å²) in [7, 11) is 2.15. The average molecular weight is 575 g/mol. The van der Waals surface area contributed by atoms with Crippen molar-refractivity contribution in [1.82, 2.24) is 19.8 Å². The van der Waals surface area contributed by atoms with Crippen molar-refractivity contribution in [1.29, 1.82) is 0 Å². The van der Waals surface area contributed by atoms with E-state index in [0.717, 1.165) is 61.7 Å². The monoisotopic (exact) mass is 574 g/mol. The van der Waals surface area contributed by atoms with E-state index in [4.69, 9.17) is 4.98 Å². The molecular formula is C32H33F3N6O. The number of alkyl halides is 3. The smallest absolute Gasteiger partial charge is 0.362 e. The average Bonchev–Trinajstić information content (AvgIpc) is 2.98. The molecule has 1 amide bonds. The molecule has 1 saturated heterocycles. The van der Waals surface area contributed by atoms with Gasteiger partial charge in [-0.3, -0.25) is 14.7 Å². The van der Waals surface area contributed by atoms with Gasteiger partial charge >= 0.3 is 6.18 Å². The molecule has 0 bridgehead atoms. The third kappa shape index (κ3) is 7.51. The third-order valence-electron chi connectivity index (χ3n) is 7.35. The number of nitrogens with zero attached hydrogens (tertiary/aromatic N) is 4. The lowest BCUT2D eigenvalue weighted by atomic mass is 10.1. The Balaban J connectivity index is 1.22. The second-order valence-corrected chi connectivity index (χ2v) is 10.6. The van der Waals surface area contributed by atoms with Crippen molar-refractivity contribution < 1.29 is 18.0 Å². The minimum absolute atomic E-state index is 0.0687. The van der Waals surface area contributed by atoms with E-state index in [0.29, 0.717) is 11.5 Å². The number of hydrogen-bond acceptors (Lipinski definition) is 6. The lowest BCUT2D eigenvalue weighted by molar-refractivity contribution is -0.137. The Morgan fingerprint density at radius 2 is 1.69 bits per heavy atom. The zero-order valence-electron chi connectivity index (χ0n) is 23.5. The summed E-state index contributed by atoms with van der Waals surface area (Å²) in [6, 6.07) is 19.7. The Hall–Kier alpha value is -4.28. The minimum Gasteiger partial charge on any atom is -0.362 e. The Bertz CT molecular complexity index is 1520. The number of halogens is 3. The number of carbonyl (C=O) groups is 1. The normalized spacial score (nSPS) is 15.3. The summed E-state index contributed by atoms with van der Waals surface area (Å²) >= 11 is 0. The first kappa shape index (κ1) is 29.2. The van der Waals surface area contributed by atoms with Crippen LogP contribution in [0.15, 0.2) is 85.2 Å². The van der Waals surface area contributed by atoms with Crippen LogP contribution in [0, 0.1) is 0 Å². The largest absolute Gasteiger partial charge is 0.416 e. The fourth-order valence-electron chi connectivity index (χ4n) is 4.85. The highest BCUT2D eigenvalue weighted by Gasteiger charge is 2.31. The molecule has 0 aliphatic carbocycles. The van der Waals surface area contributed by atoms with Crippen LogP contribution in [0.25, 0.3) is 11.3 Å². The van der Waals surface area contributed by atoms with E-state index in [-0.39, 0.29) is 11.6 Å². The number of likely N-dealkylation sites (N-methyl/N-ethyl adjacent to an activating group) is 1. The number of amides is 1. The summed E-state index contributed by atoms with van der Waals surface area (Å²) in [5, 5.41) is 6.04. The predicted molar refractivity (Wildman–Crippen MR) is 158 cm³/mol. The number of benzene rings is 3. The lowest BCUT2D eigenvalue weighted by Gasteiger charge is -2.32. The quantitative estimate of drug-likeness (QED) is 0.256. The molecule has 0 saturated carbocycles. The van der Waals surface area contributed by atoms with Crippen molar-refractivity contribution in [2.24, 2.45) is 0 Å². The van der Waals surface area contributed by atoms with Gasteiger partial charge < -0.3 is 15.5 Å². The Labute approximate surface area is 243 Å². The van der Waals surface area contributed by atoms with Gasteiger partial charge in [-0.2, -0.15) is 13.2 Å². The summed E-state index contributed by atoms with van der Waals surface area (Å²) in [5.41, 5.74) is 3.38. The highest BCUT2D eigenvalue weighted by Crippen LogP contribution is 2.30. The van der Waals surface area contributed by atoms with E-state index in [9.17, 15) is 18.0 Å². The highest BCUT2D eigenvalue weighted by molar-refractivity contribution is 6.04. The fourth-order valence-corrected chi connectivity index (χ4v) is 4.85. The van der Waals surface area contributed by atoms with Crippen LogP contribution in [0.4, 0.5) is 24.7 Å². The molecular weight excluding hydrogens is 541 g/mol. The van der Waals surface area contributed by atoms with Gasteiger partial charge in [0, 0.05) is 49.5 Å². The van der Waals surface area contributed by atoms with Crippen molar-refractivity contribution in [2.45, 2.75) is 25.7 Å². The molecule has 1 aliphatic rings. The molecule has 2 N–H and O–H groups in total. The number of nitrogens with one attached hydrogen (secondary N) is 2. The van der Waals surface area contributed by atoms with Crippen LogP contribution in [0.2, 0.25) is 0 Å². The molecule has 5 rings (SSSR count). The Kier molecular flexibility index (Phi) is 8.84. The van der Waals surface area contributed by atoms with Crippen molar-refractivity contribution >= 4 is 17.4 Å². The van der Waals surface area contributed by atoms with E-state index in [1.165, 1.54) is 17.7 Å². The summed E-state index contributed by atoms with van der Waals surface area (Å²) in [4.78, 5) is 26.6. The molecule has 0 spiro atoms. The van der Waals surface area contributed by atoms with Crippen LogP contribution in [0.5, 0.6) is 0 Å². The van der Waals surface area contributed by atoms with E-state index in [1.807, 2.05) is 13.0 Å². The van der Waals surface area contributed by atoms with Crippen molar-refractivity contribution in [3.05, 3.63) is 107 Å². The predicted octanol–water partition coefficient (Wildman–Crippen LogP) is 6.34. The van der Waals surface area contributed by atoms with Crippen LogP contribution in [-0.4, -0.2) is 58.9 Å². The molecule has 1 unspecified atom stereocenters. The summed E-state index contributed by atoms with van der Waals surface area (Å²) in [6.45, 7) is 7.20. The van der Waals surface area contributed by atoms with Crippen LogP contribution in [-0.2, 0) is 12.7 Å². The summed E-state index contributed by atoms with van der Waals surface area (Å²) < 4.78 is 39.2. The molecule has 1 aliphatic heterocycles. The highest BCUT2D eigenvalue weighted by atomic mass is 19.4. The maximum Gasteiger partial charge on any atom is 0.416 e. The van der Waals surface area contributed by atoms with Crippen molar-refractivity contribution in [3.8, 4) is 11.3 Å². The van der Waals surface area contributed by atoms with Gasteiger partial charge in [-0.15, -0.1) is 0 Å². The number of aromatic nitrogens is 2. The van der Waals surface area contributed by atoms with Gasteiger partial charge in [0.15, 0.2) is 0 Å². The van der Waals surface area contributed by atoms with Crippen LogP contribution >= 0.6 is 0 Å². The topological polar surface area (TPSA) is 73.4 Å². The van der Waals surface area contributed by atoms with Gasteiger partial charge in [-0.1, -0.05) is 42.5 Å². The first-order chi connectivity index (χ1) is 20.1. The standard InChI is InChI=1S/C32H33F3N6O/c1-22(25-5-4-8-28(18-25)38-31(42)26-6-3-7-27(17-26)32(33,34)35)37-30-20-36-19-29(39-30)24-11-9-23(10-12-24)21-41-15-13-40(2)14-16-41/h3-12,17-20,22H,13-16,21H2,1-2H3,(H,37,39)(H,38,42). The minimum atomic E-state index is -4.52. The Morgan fingerprint density at radius 1 is 0.952 bits per heavy atom. The van der Waals surface area contributed by atoms with Gasteiger partial charge in [0.2, 0.25) is 0 Å². The van der Waals surface area contributed by atoms with Gasteiger partial charge in [-0.05, 0) is 55.4 Å². The third-order valence-corrected chi connectivity index (χ3v) is 7.35. The molecule has 1 atom stereocenters. The first-order valence-electron chi connectivity index (χ1n) is 13.8. The van der Waals surface area contributed by atoms with Crippen LogP contribution in [0.3, 0.4) is 0 Å². The SMILES string of the molecule is CC(Nc1cncc(-c2ccc(CN3CCN(C)CC3)cc2)n1)c1cccc(NC(=O)c2cccc(C(F)(F)F)c2)c1. The zero-order valence-corrected chi connectivity index (χ0v) is 23.5. The van der Waals surface area contributed by atoms with E-state index < -0.39 is 17.6 Å². The molecule has 3 aromatic carbocycles. The van der Waals surface area contributed by atoms with Crippen molar-refractivity contribution in [3.63, 3.8) is 0 Å².